The van der Waals surface area contributed by atoms with E-state index in [9.17, 15) is 9.59 Å². The van der Waals surface area contributed by atoms with E-state index in [0.29, 0.717) is 17.9 Å². The minimum absolute atomic E-state index is 0.0323. The van der Waals surface area contributed by atoms with Crippen molar-refractivity contribution in [1.29, 1.82) is 0 Å². The van der Waals surface area contributed by atoms with Gasteiger partial charge >= 0.3 is 0 Å². The maximum Gasteiger partial charge on any atom is 0.265 e. The number of para-hydroxylation sites is 2. The Morgan fingerprint density at radius 3 is 2.79 bits per heavy atom. The maximum absolute atomic E-state index is 12.2. The third-order valence-electron chi connectivity index (χ3n) is 3.76. The lowest BCUT2D eigenvalue weighted by atomic mass is 10.1. The highest BCUT2D eigenvalue weighted by Gasteiger charge is 2.25. The van der Waals surface area contributed by atoms with Gasteiger partial charge in [-0.25, -0.2) is 0 Å². The van der Waals surface area contributed by atoms with Crippen LogP contribution in [0.1, 0.15) is 29.8 Å². The van der Waals surface area contributed by atoms with E-state index in [-0.39, 0.29) is 24.5 Å². The molecule has 0 unspecified atom stereocenters. The molecule has 0 saturated heterocycles. The van der Waals surface area contributed by atoms with E-state index in [1.54, 1.807) is 11.0 Å². The first-order valence-electron chi connectivity index (χ1n) is 7.96. The Labute approximate surface area is 141 Å². The highest BCUT2D eigenvalue weighted by Crippen LogP contribution is 2.32. The second-order valence-electron chi connectivity index (χ2n) is 6.06. The van der Waals surface area contributed by atoms with Crippen LogP contribution in [0, 0.1) is 0 Å². The maximum atomic E-state index is 12.2. The van der Waals surface area contributed by atoms with Gasteiger partial charge < -0.3 is 15.0 Å². The van der Waals surface area contributed by atoms with Crippen LogP contribution in [-0.2, 0) is 11.3 Å². The molecule has 0 aliphatic carbocycles. The van der Waals surface area contributed by atoms with E-state index in [0.717, 1.165) is 11.3 Å². The number of amides is 2. The number of hydrogen-bond donors (Lipinski definition) is 1. The highest BCUT2D eigenvalue weighted by molar-refractivity contribution is 5.98. The van der Waals surface area contributed by atoms with Gasteiger partial charge in [-0.05, 0) is 43.7 Å². The Hall–Kier alpha value is -2.82. The zero-order valence-corrected chi connectivity index (χ0v) is 13.8. The number of nitrogens with zero attached hydrogens (tertiary/aromatic N) is 1. The minimum atomic E-state index is -0.111. The molecule has 0 bridgehead atoms. The van der Waals surface area contributed by atoms with Gasteiger partial charge in [0.1, 0.15) is 5.75 Å². The van der Waals surface area contributed by atoms with Crippen molar-refractivity contribution in [1.82, 2.24) is 5.32 Å². The second kappa shape index (κ2) is 6.74. The highest BCUT2D eigenvalue weighted by atomic mass is 16.5. The molecule has 124 valence electrons. The molecule has 0 spiro atoms. The van der Waals surface area contributed by atoms with Gasteiger partial charge in [-0.3, -0.25) is 9.59 Å². The average Bonchev–Trinajstić information content (AvgIpc) is 2.57. The molecule has 0 aromatic heterocycles. The number of hydrogen-bond acceptors (Lipinski definition) is 3. The third-order valence-corrected chi connectivity index (χ3v) is 3.76. The molecule has 2 aromatic carbocycles. The lowest BCUT2D eigenvalue weighted by Gasteiger charge is -2.29. The molecule has 1 aliphatic rings. The zero-order chi connectivity index (χ0) is 17.1. The summed E-state index contributed by atoms with van der Waals surface area (Å²) in [6.45, 7) is 4.28. The Kier molecular flexibility index (Phi) is 4.51. The molecule has 0 radical (unpaired) electrons. The standard InChI is InChI=1S/C19H20N2O3/c1-13(2)20-19(23)15-7-5-6-14(10-15)11-21-16-8-3-4-9-17(16)24-12-18(21)22/h3-10,13H,11-12H2,1-2H3,(H,20,23). The van der Waals surface area contributed by atoms with Crippen molar-refractivity contribution >= 4 is 17.5 Å². The van der Waals surface area contributed by atoms with E-state index < -0.39 is 0 Å². The molecule has 24 heavy (non-hydrogen) atoms. The number of ether oxygens (including phenoxy) is 1. The van der Waals surface area contributed by atoms with Crippen molar-refractivity contribution in [3.63, 3.8) is 0 Å². The van der Waals surface area contributed by atoms with Gasteiger partial charge in [0.2, 0.25) is 0 Å². The van der Waals surface area contributed by atoms with Crippen LogP contribution in [0.3, 0.4) is 0 Å². The van der Waals surface area contributed by atoms with Gasteiger partial charge in [-0.2, -0.15) is 0 Å². The first-order chi connectivity index (χ1) is 11.5. The largest absolute Gasteiger partial charge is 0.482 e. The van der Waals surface area contributed by atoms with Crippen molar-refractivity contribution in [3.05, 3.63) is 59.7 Å². The molecule has 1 N–H and O–H groups in total. The minimum Gasteiger partial charge on any atom is -0.482 e. The molecule has 0 fully saturated rings. The summed E-state index contributed by atoms with van der Waals surface area (Å²) in [6, 6.07) is 14.9. The van der Waals surface area contributed by atoms with Crippen LogP contribution in [0.25, 0.3) is 0 Å². The van der Waals surface area contributed by atoms with Crippen LogP contribution >= 0.6 is 0 Å². The topological polar surface area (TPSA) is 58.6 Å². The van der Waals surface area contributed by atoms with Crippen LogP contribution in [0.2, 0.25) is 0 Å². The van der Waals surface area contributed by atoms with Crippen LogP contribution < -0.4 is 15.0 Å². The SMILES string of the molecule is CC(C)NC(=O)c1cccc(CN2C(=O)COc3ccccc32)c1. The van der Waals surface area contributed by atoms with E-state index in [4.69, 9.17) is 4.74 Å². The summed E-state index contributed by atoms with van der Waals surface area (Å²) < 4.78 is 5.45. The summed E-state index contributed by atoms with van der Waals surface area (Å²) in [7, 11) is 0. The Balaban J connectivity index is 1.84. The van der Waals surface area contributed by atoms with Gasteiger partial charge in [-0.15, -0.1) is 0 Å². The number of anilines is 1. The summed E-state index contributed by atoms with van der Waals surface area (Å²) in [4.78, 5) is 26.1. The van der Waals surface area contributed by atoms with Crippen LogP contribution in [0.15, 0.2) is 48.5 Å². The number of carbonyl (C=O) groups is 2. The summed E-state index contributed by atoms with van der Waals surface area (Å²) in [5.74, 6) is 0.497. The predicted octanol–water partition coefficient (Wildman–Crippen LogP) is 2.75. The van der Waals surface area contributed by atoms with Gasteiger partial charge in [0.15, 0.2) is 6.61 Å². The molecular weight excluding hydrogens is 304 g/mol. The number of nitrogens with one attached hydrogen (secondary N) is 1. The summed E-state index contributed by atoms with van der Waals surface area (Å²) >= 11 is 0. The Morgan fingerprint density at radius 2 is 2.00 bits per heavy atom. The fourth-order valence-electron chi connectivity index (χ4n) is 2.67. The van der Waals surface area contributed by atoms with E-state index in [1.165, 1.54) is 0 Å². The summed E-state index contributed by atoms with van der Waals surface area (Å²) in [6.07, 6.45) is 0. The molecular formula is C19H20N2O3. The molecule has 0 saturated carbocycles. The monoisotopic (exact) mass is 324 g/mol. The van der Waals surface area contributed by atoms with E-state index in [1.807, 2.05) is 56.3 Å². The normalized spacial score (nSPS) is 13.5. The first-order valence-corrected chi connectivity index (χ1v) is 7.96. The predicted molar refractivity (Wildman–Crippen MR) is 92.2 cm³/mol. The van der Waals surface area contributed by atoms with Crippen molar-refractivity contribution in [2.45, 2.75) is 26.4 Å². The number of rotatable bonds is 4. The van der Waals surface area contributed by atoms with Crippen LogP contribution in [0.4, 0.5) is 5.69 Å². The Bertz CT molecular complexity index is 771. The number of fused-ring (bicyclic) bond motifs is 1. The third kappa shape index (κ3) is 3.40. The zero-order valence-electron chi connectivity index (χ0n) is 13.8. The molecule has 5 heteroatoms. The molecule has 2 amide bonds. The van der Waals surface area contributed by atoms with Gasteiger partial charge in [0.05, 0.1) is 12.2 Å². The van der Waals surface area contributed by atoms with Crippen molar-refractivity contribution in [2.75, 3.05) is 11.5 Å². The van der Waals surface area contributed by atoms with Crippen LogP contribution in [0.5, 0.6) is 5.75 Å². The lowest BCUT2D eigenvalue weighted by Crippen LogP contribution is -2.38. The van der Waals surface area contributed by atoms with Crippen LogP contribution in [-0.4, -0.2) is 24.5 Å². The van der Waals surface area contributed by atoms with Crippen molar-refractivity contribution in [2.24, 2.45) is 0 Å². The molecule has 0 atom stereocenters. The molecule has 1 aliphatic heterocycles. The van der Waals surface area contributed by atoms with Gasteiger partial charge in [-0.1, -0.05) is 24.3 Å². The first kappa shape index (κ1) is 16.1. The summed E-state index contributed by atoms with van der Waals surface area (Å²) in [5, 5.41) is 2.87. The summed E-state index contributed by atoms with van der Waals surface area (Å²) in [5.41, 5.74) is 2.25. The lowest BCUT2D eigenvalue weighted by molar-refractivity contribution is -0.121. The quantitative estimate of drug-likeness (QED) is 0.941. The van der Waals surface area contributed by atoms with Gasteiger partial charge in [0.25, 0.3) is 11.8 Å². The fraction of sp³-hybridized carbons (Fsp3) is 0.263. The van der Waals surface area contributed by atoms with Crippen molar-refractivity contribution < 1.29 is 14.3 Å². The smallest absolute Gasteiger partial charge is 0.265 e. The molecule has 5 nitrogen and oxygen atoms in total. The molecule has 3 rings (SSSR count). The average molecular weight is 324 g/mol. The molecule has 1 heterocycles. The molecule has 2 aromatic rings. The van der Waals surface area contributed by atoms with E-state index >= 15 is 0 Å². The number of benzene rings is 2. The number of carbonyl (C=O) groups excluding carboxylic acids is 2. The Morgan fingerprint density at radius 1 is 1.21 bits per heavy atom. The fourth-order valence-corrected chi connectivity index (χ4v) is 2.67. The van der Waals surface area contributed by atoms with Crippen molar-refractivity contribution in [3.8, 4) is 5.75 Å². The second-order valence-corrected chi connectivity index (χ2v) is 6.06. The van der Waals surface area contributed by atoms with E-state index in [2.05, 4.69) is 5.32 Å². The van der Waals surface area contributed by atoms with Gasteiger partial charge in [0, 0.05) is 11.6 Å².